The van der Waals surface area contributed by atoms with Crippen molar-refractivity contribution in [3.8, 4) is 0 Å². The van der Waals surface area contributed by atoms with Crippen LogP contribution in [0.4, 0.5) is 0 Å². The first-order chi connectivity index (χ1) is 8.29. The lowest BCUT2D eigenvalue weighted by atomic mass is 10.4. The molecule has 0 aliphatic heterocycles. The van der Waals surface area contributed by atoms with E-state index in [2.05, 4.69) is 27.7 Å². The van der Waals surface area contributed by atoms with Crippen molar-refractivity contribution in [1.82, 2.24) is 30.1 Å². The Balaban J connectivity index is 1.87. The molecule has 1 N–H and O–H groups in total. The number of rotatable bonds is 6. The summed E-state index contributed by atoms with van der Waals surface area (Å²) in [6, 6.07) is 2.00. The van der Waals surface area contributed by atoms with E-state index in [1.165, 1.54) is 0 Å². The van der Waals surface area contributed by atoms with Crippen LogP contribution >= 0.6 is 0 Å². The molecule has 0 atom stereocenters. The summed E-state index contributed by atoms with van der Waals surface area (Å²) in [5.41, 5.74) is 2.14. The van der Waals surface area contributed by atoms with Crippen molar-refractivity contribution >= 4 is 0 Å². The summed E-state index contributed by atoms with van der Waals surface area (Å²) < 4.78 is 3.82. The number of hydrogen-bond donors (Lipinski definition) is 1. The summed E-state index contributed by atoms with van der Waals surface area (Å²) in [6.45, 7) is 7.46. The fourth-order valence-electron chi connectivity index (χ4n) is 1.61. The van der Waals surface area contributed by atoms with Crippen LogP contribution in [0.5, 0.6) is 0 Å². The molecule has 92 valence electrons. The Morgan fingerprint density at radius 2 is 2.24 bits per heavy atom. The molecule has 6 nitrogen and oxygen atoms in total. The number of hydrogen-bond acceptors (Lipinski definition) is 4. The normalized spacial score (nSPS) is 10.9. The average Bonchev–Trinajstić information content (AvgIpc) is 2.93. The van der Waals surface area contributed by atoms with Crippen molar-refractivity contribution in [2.45, 2.75) is 33.5 Å². The van der Waals surface area contributed by atoms with E-state index >= 15 is 0 Å². The van der Waals surface area contributed by atoms with Gasteiger partial charge in [-0.2, -0.15) is 5.10 Å². The molecule has 2 rings (SSSR count). The van der Waals surface area contributed by atoms with Crippen LogP contribution in [0.2, 0.25) is 0 Å². The van der Waals surface area contributed by atoms with Gasteiger partial charge in [-0.3, -0.25) is 9.36 Å². The first-order valence-corrected chi connectivity index (χ1v) is 5.87. The lowest BCUT2D eigenvalue weighted by Crippen LogP contribution is -2.12. The van der Waals surface area contributed by atoms with Gasteiger partial charge in [0.2, 0.25) is 0 Å². The molecular weight excluding hydrogens is 216 g/mol. The Kier molecular flexibility index (Phi) is 3.87. The third-order valence-electron chi connectivity index (χ3n) is 2.61. The third kappa shape index (κ3) is 3.13. The number of aryl methyl sites for hydroxylation is 3. The van der Waals surface area contributed by atoms with Gasteiger partial charge >= 0.3 is 0 Å². The number of nitrogens with zero attached hydrogens (tertiary/aromatic N) is 5. The van der Waals surface area contributed by atoms with E-state index in [1.807, 2.05) is 34.7 Å². The van der Waals surface area contributed by atoms with E-state index in [9.17, 15) is 0 Å². The maximum atomic E-state index is 4.23. The lowest BCUT2D eigenvalue weighted by Gasteiger charge is -2.03. The van der Waals surface area contributed by atoms with Crippen LogP contribution < -0.4 is 5.32 Å². The highest BCUT2D eigenvalue weighted by molar-refractivity contribution is 4.96. The predicted octanol–water partition coefficient (Wildman–Crippen LogP) is 0.593. The van der Waals surface area contributed by atoms with Crippen LogP contribution in [0.3, 0.4) is 0 Å². The molecule has 2 heterocycles. The molecular formula is C11H18N6. The molecule has 6 heteroatoms. The number of aromatic nitrogens is 5. The molecule has 0 saturated heterocycles. The highest BCUT2D eigenvalue weighted by Gasteiger charge is 2.01. The monoisotopic (exact) mass is 234 g/mol. The summed E-state index contributed by atoms with van der Waals surface area (Å²) in [5, 5.41) is 15.6. The average molecular weight is 234 g/mol. The van der Waals surface area contributed by atoms with Crippen LogP contribution in [-0.2, 0) is 19.6 Å². The minimum absolute atomic E-state index is 0.775. The first kappa shape index (κ1) is 11.8. The van der Waals surface area contributed by atoms with Gasteiger partial charge in [0.25, 0.3) is 0 Å². The maximum Gasteiger partial charge on any atom is 0.0964 e. The smallest absolute Gasteiger partial charge is 0.0964 e. The van der Waals surface area contributed by atoms with Crippen molar-refractivity contribution in [2.24, 2.45) is 0 Å². The fourth-order valence-corrected chi connectivity index (χ4v) is 1.61. The van der Waals surface area contributed by atoms with E-state index in [4.69, 9.17) is 0 Å². The van der Waals surface area contributed by atoms with Crippen molar-refractivity contribution in [1.29, 1.82) is 0 Å². The second-order valence-corrected chi connectivity index (χ2v) is 3.95. The minimum Gasteiger partial charge on any atom is -0.311 e. The summed E-state index contributed by atoms with van der Waals surface area (Å²) in [5.74, 6) is 0. The zero-order valence-electron chi connectivity index (χ0n) is 10.3. The summed E-state index contributed by atoms with van der Waals surface area (Å²) >= 11 is 0. The Morgan fingerprint density at radius 1 is 1.35 bits per heavy atom. The molecule has 0 aliphatic rings. The minimum atomic E-state index is 0.775. The van der Waals surface area contributed by atoms with Gasteiger partial charge in [-0.15, -0.1) is 5.10 Å². The molecule has 0 fully saturated rings. The predicted molar refractivity (Wildman–Crippen MR) is 64.4 cm³/mol. The van der Waals surface area contributed by atoms with Crippen molar-refractivity contribution in [3.63, 3.8) is 0 Å². The van der Waals surface area contributed by atoms with Crippen LogP contribution in [0.25, 0.3) is 0 Å². The maximum absolute atomic E-state index is 4.23. The van der Waals surface area contributed by atoms with Gasteiger partial charge in [-0.05, 0) is 19.5 Å². The fraction of sp³-hybridized carbons (Fsp3) is 0.545. The van der Waals surface area contributed by atoms with Crippen LogP contribution in [0.1, 0.15) is 18.3 Å². The molecule has 0 unspecified atom stereocenters. The molecule has 0 aliphatic carbocycles. The molecule has 0 saturated carbocycles. The topological polar surface area (TPSA) is 60.6 Å². The largest absolute Gasteiger partial charge is 0.311 e. The lowest BCUT2D eigenvalue weighted by molar-refractivity contribution is 0.483. The van der Waals surface area contributed by atoms with Gasteiger partial charge in [0, 0.05) is 24.6 Å². The summed E-state index contributed by atoms with van der Waals surface area (Å²) in [7, 11) is 0. The van der Waals surface area contributed by atoms with Crippen molar-refractivity contribution in [3.05, 3.63) is 29.8 Å². The van der Waals surface area contributed by atoms with Gasteiger partial charge < -0.3 is 5.32 Å². The van der Waals surface area contributed by atoms with E-state index in [-0.39, 0.29) is 0 Å². The molecule has 0 spiro atoms. The van der Waals surface area contributed by atoms with Crippen LogP contribution in [0, 0.1) is 6.92 Å². The Bertz CT molecular complexity index is 458. The second-order valence-electron chi connectivity index (χ2n) is 3.95. The van der Waals surface area contributed by atoms with Gasteiger partial charge in [-0.1, -0.05) is 12.1 Å². The highest BCUT2D eigenvalue weighted by Crippen LogP contribution is 1.98. The highest BCUT2D eigenvalue weighted by atomic mass is 15.4. The zero-order valence-corrected chi connectivity index (χ0v) is 10.3. The van der Waals surface area contributed by atoms with Gasteiger partial charge in [0.05, 0.1) is 18.8 Å². The molecule has 2 aromatic heterocycles. The molecule has 0 radical (unpaired) electrons. The van der Waals surface area contributed by atoms with Crippen molar-refractivity contribution < 1.29 is 0 Å². The summed E-state index contributed by atoms with van der Waals surface area (Å²) in [6.07, 6.45) is 3.79. The summed E-state index contributed by atoms with van der Waals surface area (Å²) in [4.78, 5) is 0. The SMILES string of the molecule is CCNCc1cn(CCn2nccc2C)nn1. The third-order valence-corrected chi connectivity index (χ3v) is 2.61. The molecule has 0 aromatic carbocycles. The van der Waals surface area contributed by atoms with Crippen LogP contribution in [-0.4, -0.2) is 31.3 Å². The zero-order chi connectivity index (χ0) is 12.1. The van der Waals surface area contributed by atoms with Crippen molar-refractivity contribution in [2.75, 3.05) is 6.54 Å². The van der Waals surface area contributed by atoms with E-state index < -0.39 is 0 Å². The quantitative estimate of drug-likeness (QED) is 0.795. The Labute approximate surface area is 101 Å². The van der Waals surface area contributed by atoms with E-state index in [0.717, 1.165) is 37.6 Å². The number of nitrogens with one attached hydrogen (secondary N) is 1. The van der Waals surface area contributed by atoms with E-state index in [0.29, 0.717) is 0 Å². The molecule has 17 heavy (non-hydrogen) atoms. The van der Waals surface area contributed by atoms with E-state index in [1.54, 1.807) is 0 Å². The molecule has 2 aromatic rings. The Morgan fingerprint density at radius 3 is 2.94 bits per heavy atom. The van der Waals surface area contributed by atoms with Gasteiger partial charge in [0.1, 0.15) is 0 Å². The standard InChI is InChI=1S/C11H18N6/c1-3-12-8-11-9-16(15-14-11)6-7-17-10(2)4-5-13-17/h4-5,9,12H,3,6-8H2,1-2H3. The Hall–Kier alpha value is -1.69. The molecule has 0 amide bonds. The van der Waals surface area contributed by atoms with Crippen LogP contribution in [0.15, 0.2) is 18.5 Å². The molecule has 0 bridgehead atoms. The van der Waals surface area contributed by atoms with Gasteiger partial charge in [0.15, 0.2) is 0 Å². The first-order valence-electron chi connectivity index (χ1n) is 5.87. The van der Waals surface area contributed by atoms with Gasteiger partial charge in [-0.25, -0.2) is 0 Å². The second kappa shape index (κ2) is 5.58.